The van der Waals surface area contributed by atoms with E-state index in [1.807, 2.05) is 0 Å². The van der Waals surface area contributed by atoms with E-state index in [1.54, 1.807) is 33.4 Å². The molecule has 0 nitrogen and oxygen atoms in total. The molecule has 0 bridgehead atoms. The average Bonchev–Trinajstić information content (AvgIpc) is 4.18. The van der Waals surface area contributed by atoms with Gasteiger partial charge in [0, 0.05) is 0 Å². The fraction of sp³-hybridized carbons (Fsp3) is 0.324. The molecule has 1 aromatic rings. The van der Waals surface area contributed by atoms with Crippen molar-refractivity contribution in [3.63, 3.8) is 0 Å². The molecule has 11 aliphatic carbocycles. The molecule has 0 aliphatic heterocycles. The maximum atomic E-state index is 2.41. The van der Waals surface area contributed by atoms with E-state index < -0.39 is 0 Å². The Morgan fingerprint density at radius 3 is 1.38 bits per heavy atom. The van der Waals surface area contributed by atoms with Gasteiger partial charge in [0.2, 0.25) is 0 Å². The number of aryl methyl sites for hydroxylation is 7. The van der Waals surface area contributed by atoms with E-state index in [0.29, 0.717) is 17.8 Å². The molecule has 0 amide bonds. The van der Waals surface area contributed by atoms with Crippen LogP contribution in [-0.4, -0.2) is 0 Å². The van der Waals surface area contributed by atoms with Gasteiger partial charge in [0.25, 0.3) is 0 Å². The quantitative estimate of drug-likeness (QED) is 0.156. The summed E-state index contributed by atoms with van der Waals surface area (Å²) in [6, 6.07) is 57.0. The van der Waals surface area contributed by atoms with Crippen LogP contribution in [0.3, 0.4) is 0 Å². The van der Waals surface area contributed by atoms with Crippen LogP contribution in [0.2, 0.25) is 0 Å². The van der Waals surface area contributed by atoms with Gasteiger partial charge in [-0.15, -0.1) is 0 Å². The standard InChI is InChI=1S/C22H24.2C16H18.C14H14/c1-16(2)19-10-11-21-13-12-20(22(21)15-14-19)9-8-18-6-4-17(3)5-7-18;1-11(2)12-5-3-8-16-14(9-12)10-13-6-4-7-15(13)16;1-11(2)12-6-7-14-10-13-4-3-5-15(13)16(14)9-8-12;1-10-4-2-6-14-12(8-10)9-11-5-3-7-13(11)14/h4-7,10-16H,8-9H2,1-3H3;3,5,8-11H,4,6-7H2,1-2H3;6-11H,3-5H2,1-2H3;2,4,6,8-9H,3,5,7H2,1H3. The van der Waals surface area contributed by atoms with Gasteiger partial charge in [-0.1, -0.05) is 204 Å². The van der Waals surface area contributed by atoms with Crippen molar-refractivity contribution in [1.29, 1.82) is 0 Å². The highest BCUT2D eigenvalue weighted by molar-refractivity contribution is 5.77. The lowest BCUT2D eigenvalue weighted by Crippen LogP contribution is -1.91. The van der Waals surface area contributed by atoms with Crippen molar-refractivity contribution < 1.29 is 0 Å². The zero-order chi connectivity index (χ0) is 47.3. The van der Waals surface area contributed by atoms with Gasteiger partial charge in [0.15, 0.2) is 0 Å². The highest BCUT2D eigenvalue weighted by Gasteiger charge is 2.22. The molecule has 0 radical (unpaired) electrons. The zero-order valence-corrected chi connectivity index (χ0v) is 42.4. The highest BCUT2D eigenvalue weighted by atomic mass is 14.3. The third-order valence-corrected chi connectivity index (χ3v) is 15.3. The Kier molecular flexibility index (Phi) is 14.6. The summed E-state index contributed by atoms with van der Waals surface area (Å²) in [6.45, 7) is 17.8. The van der Waals surface area contributed by atoms with Crippen molar-refractivity contribution in [1.82, 2.24) is 0 Å². The fourth-order valence-electron chi connectivity index (χ4n) is 11.2. The van der Waals surface area contributed by atoms with E-state index in [4.69, 9.17) is 0 Å². The molecule has 0 aromatic heterocycles. The summed E-state index contributed by atoms with van der Waals surface area (Å²) in [5.74, 6) is 1.80. The summed E-state index contributed by atoms with van der Waals surface area (Å²) in [5, 5.41) is 0. The van der Waals surface area contributed by atoms with E-state index in [2.05, 4.69) is 207 Å². The lowest BCUT2D eigenvalue weighted by molar-refractivity contribution is 0.868. The molecule has 0 N–H and O–H groups in total. The first-order valence-electron chi connectivity index (χ1n) is 26.2. The lowest BCUT2D eigenvalue weighted by Gasteiger charge is -2.03. The molecule has 0 fully saturated rings. The van der Waals surface area contributed by atoms with E-state index in [1.165, 1.54) is 141 Å². The SMILES string of the molecule is CC(C)c1ccc2cc3c(c-2cc1)CCC3.CC(C)c1cccc2c3c(cc-2c1)CCC3.Cc1ccc(CCc2ccc3ccc(C(C)C)ccc2-3)cc1.Cc1cccc2c3c(cc-2c1)CCC3. The predicted octanol–water partition coefficient (Wildman–Crippen LogP) is 18.4. The topological polar surface area (TPSA) is 0 Å². The van der Waals surface area contributed by atoms with Crippen LogP contribution in [0.4, 0.5) is 0 Å². The van der Waals surface area contributed by atoms with Gasteiger partial charge in [0.1, 0.15) is 0 Å². The molecule has 0 saturated carbocycles. The first-order chi connectivity index (χ1) is 33.0. The minimum atomic E-state index is 0.576. The second kappa shape index (κ2) is 21.1. The number of hydrogen-bond acceptors (Lipinski definition) is 0. The van der Waals surface area contributed by atoms with Crippen LogP contribution in [0, 0.1) is 13.8 Å². The Morgan fingerprint density at radius 1 is 0.338 bits per heavy atom. The molecule has 346 valence electrons. The Morgan fingerprint density at radius 2 is 0.809 bits per heavy atom. The molecule has 0 unspecified atom stereocenters. The van der Waals surface area contributed by atoms with Crippen LogP contribution in [0.15, 0.2) is 152 Å². The van der Waals surface area contributed by atoms with Crippen LogP contribution < -0.4 is 0 Å². The molecule has 0 spiro atoms. The van der Waals surface area contributed by atoms with Gasteiger partial charge in [-0.3, -0.25) is 0 Å². The minimum Gasteiger partial charge on any atom is -0.0614 e. The van der Waals surface area contributed by atoms with Crippen molar-refractivity contribution in [3.8, 4) is 44.5 Å². The summed E-state index contributed by atoms with van der Waals surface area (Å²) < 4.78 is 0. The Hall–Kier alpha value is -5.98. The molecule has 68 heavy (non-hydrogen) atoms. The number of fused-ring (bicyclic) bond motifs is 10. The van der Waals surface area contributed by atoms with E-state index in [9.17, 15) is 0 Å². The molecule has 0 heteroatoms. The van der Waals surface area contributed by atoms with Gasteiger partial charge < -0.3 is 0 Å². The average molecular weight is 891 g/mol. The van der Waals surface area contributed by atoms with Crippen molar-refractivity contribution >= 4 is 0 Å². The fourth-order valence-corrected chi connectivity index (χ4v) is 11.2. The van der Waals surface area contributed by atoms with E-state index in [0.717, 1.165) is 12.8 Å². The maximum absolute atomic E-state index is 2.41. The third-order valence-electron chi connectivity index (χ3n) is 15.3. The monoisotopic (exact) mass is 891 g/mol. The normalized spacial score (nSPS) is 13.6. The van der Waals surface area contributed by atoms with Gasteiger partial charge in [-0.2, -0.15) is 0 Å². The zero-order valence-electron chi connectivity index (χ0n) is 42.4. The first kappa shape index (κ1) is 47.1. The van der Waals surface area contributed by atoms with Crippen LogP contribution in [0.1, 0.15) is 151 Å². The van der Waals surface area contributed by atoms with E-state index >= 15 is 0 Å². The van der Waals surface area contributed by atoms with Gasteiger partial charge in [-0.25, -0.2) is 0 Å². The summed E-state index contributed by atoms with van der Waals surface area (Å²) >= 11 is 0. The van der Waals surface area contributed by atoms with Crippen molar-refractivity contribution in [2.45, 2.75) is 144 Å². The van der Waals surface area contributed by atoms with Crippen LogP contribution in [0.5, 0.6) is 0 Å². The Bertz CT molecular complexity index is 2970. The summed E-state index contributed by atoms with van der Waals surface area (Å²) in [4.78, 5) is 0. The second-order valence-corrected chi connectivity index (χ2v) is 21.2. The number of rotatable bonds is 6. The van der Waals surface area contributed by atoms with Crippen LogP contribution in [0.25, 0.3) is 44.5 Å². The molecule has 1 aromatic carbocycles. The predicted molar refractivity (Wildman–Crippen MR) is 294 cm³/mol. The Balaban J connectivity index is 0.000000115. The minimum absolute atomic E-state index is 0.576. The first-order valence-corrected chi connectivity index (χ1v) is 26.2. The largest absolute Gasteiger partial charge is 0.0614 e. The number of hydrogen-bond donors (Lipinski definition) is 0. The molecule has 0 heterocycles. The second-order valence-electron chi connectivity index (χ2n) is 21.2. The summed E-state index contributed by atoms with van der Waals surface area (Å²) in [7, 11) is 0. The molecular formula is C68H74. The molecule has 0 saturated heterocycles. The highest BCUT2D eigenvalue weighted by Crippen LogP contribution is 2.40. The van der Waals surface area contributed by atoms with E-state index in [-0.39, 0.29) is 0 Å². The van der Waals surface area contributed by atoms with Crippen molar-refractivity contribution in [2.24, 2.45) is 0 Å². The van der Waals surface area contributed by atoms with Gasteiger partial charge in [-0.05, 0) is 208 Å². The molecular weight excluding hydrogens is 817 g/mol. The summed E-state index contributed by atoms with van der Waals surface area (Å²) in [6.07, 6.45) is 13.9. The van der Waals surface area contributed by atoms with Gasteiger partial charge >= 0.3 is 0 Å². The smallest absolute Gasteiger partial charge is 0.0149 e. The lowest BCUT2D eigenvalue weighted by atomic mass is 10.0. The summed E-state index contributed by atoms with van der Waals surface area (Å²) in [5.41, 5.74) is 30.9. The van der Waals surface area contributed by atoms with Crippen molar-refractivity contribution in [3.05, 3.63) is 224 Å². The Labute approximate surface area is 410 Å². The third kappa shape index (κ3) is 10.7. The maximum Gasteiger partial charge on any atom is -0.0149 e. The number of benzene rings is 1. The molecule has 12 rings (SSSR count). The molecule has 0 atom stereocenters. The molecule has 11 aliphatic rings. The van der Waals surface area contributed by atoms with Crippen LogP contribution in [-0.2, 0) is 51.4 Å². The van der Waals surface area contributed by atoms with Gasteiger partial charge in [0.05, 0.1) is 0 Å². The van der Waals surface area contributed by atoms with Crippen LogP contribution >= 0.6 is 0 Å². The van der Waals surface area contributed by atoms with Crippen molar-refractivity contribution in [2.75, 3.05) is 0 Å².